The standard InChI is InChI=1S/C27H28ClN3O2S/c28-26-13-12-25(34-26)27(32)29-17-22-16-24(30-33-22)20-10-8-19(9-11-20)23-7-3-2-6-21(23)18-31-14-4-1-5-15-31/h2-3,6-13,16,22,30H,1,4-5,14-15,17-18H2,(H,29,32). The molecule has 1 saturated heterocycles. The maximum Gasteiger partial charge on any atom is 0.261 e. The maximum absolute atomic E-state index is 12.2. The van der Waals surface area contributed by atoms with Crippen molar-refractivity contribution in [1.29, 1.82) is 0 Å². The molecular formula is C27H28ClN3O2S. The van der Waals surface area contributed by atoms with Crippen molar-refractivity contribution in [2.75, 3.05) is 19.6 Å². The number of benzene rings is 2. The van der Waals surface area contributed by atoms with Crippen LogP contribution in [0.2, 0.25) is 4.34 Å². The number of hydrogen-bond acceptors (Lipinski definition) is 5. The van der Waals surface area contributed by atoms with Gasteiger partial charge in [0.25, 0.3) is 5.91 Å². The fourth-order valence-electron chi connectivity index (χ4n) is 4.49. The molecule has 1 amide bonds. The SMILES string of the molecule is O=C(NCC1C=C(c2ccc(-c3ccccc3CN3CCCCC3)cc2)NO1)c1ccc(Cl)s1. The number of nitrogens with zero attached hydrogens (tertiary/aromatic N) is 1. The second kappa shape index (κ2) is 10.7. The Morgan fingerprint density at radius 1 is 1.03 bits per heavy atom. The van der Waals surface area contributed by atoms with Crippen molar-refractivity contribution < 1.29 is 9.63 Å². The minimum absolute atomic E-state index is 0.144. The van der Waals surface area contributed by atoms with E-state index in [9.17, 15) is 4.79 Å². The Labute approximate surface area is 209 Å². The van der Waals surface area contributed by atoms with Gasteiger partial charge in [-0.2, -0.15) is 0 Å². The second-order valence-corrected chi connectivity index (χ2v) is 10.4. The zero-order valence-corrected chi connectivity index (χ0v) is 20.5. The largest absolute Gasteiger partial charge is 0.348 e. The second-order valence-electron chi connectivity index (χ2n) is 8.72. The number of carbonyl (C=O) groups is 1. The van der Waals surface area contributed by atoms with Crippen molar-refractivity contribution in [3.63, 3.8) is 0 Å². The Morgan fingerprint density at radius 3 is 2.56 bits per heavy atom. The number of piperidine rings is 1. The molecule has 2 N–H and O–H groups in total. The number of likely N-dealkylation sites (tertiary alicyclic amines) is 1. The Bertz CT molecular complexity index is 1170. The highest BCUT2D eigenvalue weighted by Crippen LogP contribution is 2.28. The highest BCUT2D eigenvalue weighted by Gasteiger charge is 2.19. The van der Waals surface area contributed by atoms with Crippen LogP contribution in [0.1, 0.15) is 40.1 Å². The summed E-state index contributed by atoms with van der Waals surface area (Å²) in [6.07, 6.45) is 5.71. The van der Waals surface area contributed by atoms with Gasteiger partial charge in [0.15, 0.2) is 0 Å². The molecule has 0 bridgehead atoms. The molecule has 1 atom stereocenters. The summed E-state index contributed by atoms with van der Waals surface area (Å²) in [5, 5.41) is 2.90. The van der Waals surface area contributed by atoms with E-state index in [0.717, 1.165) is 17.8 Å². The van der Waals surface area contributed by atoms with E-state index in [0.29, 0.717) is 15.8 Å². The van der Waals surface area contributed by atoms with E-state index in [4.69, 9.17) is 16.4 Å². The summed E-state index contributed by atoms with van der Waals surface area (Å²) < 4.78 is 0.601. The van der Waals surface area contributed by atoms with E-state index in [-0.39, 0.29) is 12.0 Å². The summed E-state index contributed by atoms with van der Waals surface area (Å²) in [6, 6.07) is 20.7. The number of amides is 1. The van der Waals surface area contributed by atoms with E-state index in [1.54, 1.807) is 12.1 Å². The summed E-state index contributed by atoms with van der Waals surface area (Å²) in [5.41, 5.74) is 8.84. The summed E-state index contributed by atoms with van der Waals surface area (Å²) in [4.78, 5) is 21.0. The number of hydroxylamine groups is 1. The van der Waals surface area contributed by atoms with E-state index in [2.05, 4.69) is 64.2 Å². The minimum atomic E-state index is -0.237. The molecule has 3 heterocycles. The molecule has 0 radical (unpaired) electrons. The number of hydrogen-bond donors (Lipinski definition) is 2. The first-order valence-corrected chi connectivity index (χ1v) is 12.9. The molecule has 2 aliphatic heterocycles. The van der Waals surface area contributed by atoms with Crippen LogP contribution in [-0.4, -0.2) is 36.5 Å². The van der Waals surface area contributed by atoms with E-state index in [1.807, 2.05) is 6.08 Å². The molecule has 7 heteroatoms. The van der Waals surface area contributed by atoms with Crippen LogP contribution in [0.4, 0.5) is 0 Å². The van der Waals surface area contributed by atoms with Crippen LogP contribution in [-0.2, 0) is 11.4 Å². The highest BCUT2D eigenvalue weighted by atomic mass is 35.5. The van der Waals surface area contributed by atoms with Crippen molar-refractivity contribution in [1.82, 2.24) is 15.7 Å². The van der Waals surface area contributed by atoms with E-state index < -0.39 is 0 Å². The van der Waals surface area contributed by atoms with E-state index in [1.165, 1.54) is 60.4 Å². The summed E-state index contributed by atoms with van der Waals surface area (Å²) in [5.74, 6) is -0.144. The highest BCUT2D eigenvalue weighted by molar-refractivity contribution is 7.18. The molecule has 1 aromatic heterocycles. The lowest BCUT2D eigenvalue weighted by Gasteiger charge is -2.27. The van der Waals surface area contributed by atoms with Crippen molar-refractivity contribution in [3.8, 4) is 11.1 Å². The van der Waals surface area contributed by atoms with Gasteiger partial charge in [-0.1, -0.05) is 66.6 Å². The molecule has 2 aliphatic rings. The van der Waals surface area contributed by atoms with Gasteiger partial charge >= 0.3 is 0 Å². The van der Waals surface area contributed by atoms with Gasteiger partial charge in [0, 0.05) is 6.54 Å². The number of carbonyl (C=O) groups excluding carboxylic acids is 1. The van der Waals surface area contributed by atoms with Gasteiger partial charge in [0.2, 0.25) is 0 Å². The van der Waals surface area contributed by atoms with Gasteiger partial charge in [0.05, 0.1) is 21.5 Å². The fourth-order valence-corrected chi connectivity index (χ4v) is 5.45. The predicted molar refractivity (Wildman–Crippen MR) is 139 cm³/mol. The lowest BCUT2D eigenvalue weighted by atomic mass is 9.97. The van der Waals surface area contributed by atoms with Crippen LogP contribution in [0.25, 0.3) is 16.8 Å². The van der Waals surface area contributed by atoms with Crippen molar-refractivity contribution >= 4 is 34.5 Å². The summed E-state index contributed by atoms with van der Waals surface area (Å²) in [6.45, 7) is 3.77. The molecule has 3 aromatic rings. The number of rotatable bonds is 7. The first-order valence-electron chi connectivity index (χ1n) is 11.7. The van der Waals surface area contributed by atoms with Gasteiger partial charge in [-0.05, 0) is 66.4 Å². The molecule has 2 aromatic carbocycles. The Balaban J connectivity index is 1.23. The quantitative estimate of drug-likeness (QED) is 0.441. The first kappa shape index (κ1) is 23.1. The van der Waals surface area contributed by atoms with Crippen molar-refractivity contribution in [2.24, 2.45) is 0 Å². The van der Waals surface area contributed by atoms with Crippen molar-refractivity contribution in [3.05, 3.63) is 87.1 Å². The van der Waals surface area contributed by atoms with Crippen molar-refractivity contribution in [2.45, 2.75) is 31.9 Å². The zero-order valence-electron chi connectivity index (χ0n) is 18.9. The third-order valence-corrected chi connectivity index (χ3v) is 7.53. The molecule has 5 nitrogen and oxygen atoms in total. The van der Waals surface area contributed by atoms with Crippen LogP contribution in [0.15, 0.2) is 66.7 Å². The van der Waals surface area contributed by atoms with Gasteiger partial charge in [-0.15, -0.1) is 11.3 Å². The third kappa shape index (κ3) is 5.53. The van der Waals surface area contributed by atoms with Gasteiger partial charge in [0.1, 0.15) is 6.10 Å². The molecule has 0 spiro atoms. The average molecular weight is 494 g/mol. The molecular weight excluding hydrogens is 466 g/mol. The summed E-state index contributed by atoms with van der Waals surface area (Å²) in [7, 11) is 0. The lowest BCUT2D eigenvalue weighted by Crippen LogP contribution is -2.31. The maximum atomic E-state index is 12.2. The zero-order chi connectivity index (χ0) is 23.3. The predicted octanol–water partition coefficient (Wildman–Crippen LogP) is 5.73. The van der Waals surface area contributed by atoms with Gasteiger partial charge in [-0.25, -0.2) is 0 Å². The number of nitrogens with one attached hydrogen (secondary N) is 2. The van der Waals surface area contributed by atoms with Crippen LogP contribution < -0.4 is 10.8 Å². The lowest BCUT2D eigenvalue weighted by molar-refractivity contribution is 0.0499. The normalized spacial score (nSPS) is 18.4. The Kier molecular flexibility index (Phi) is 7.30. The number of thiophene rings is 1. The molecule has 5 rings (SSSR count). The Morgan fingerprint density at radius 2 is 1.79 bits per heavy atom. The third-order valence-electron chi connectivity index (χ3n) is 6.30. The molecule has 1 fully saturated rings. The monoisotopic (exact) mass is 493 g/mol. The molecule has 176 valence electrons. The number of halogens is 1. The Hall–Kier alpha value is -2.64. The fraction of sp³-hybridized carbons (Fsp3) is 0.296. The van der Waals surface area contributed by atoms with Crippen LogP contribution in [0.3, 0.4) is 0 Å². The molecule has 34 heavy (non-hydrogen) atoms. The van der Waals surface area contributed by atoms with Crippen LogP contribution in [0, 0.1) is 0 Å². The first-order chi connectivity index (χ1) is 16.7. The smallest absolute Gasteiger partial charge is 0.261 e. The van der Waals surface area contributed by atoms with Crippen LogP contribution >= 0.6 is 22.9 Å². The van der Waals surface area contributed by atoms with E-state index >= 15 is 0 Å². The van der Waals surface area contributed by atoms with Gasteiger partial charge in [-0.3, -0.25) is 20.0 Å². The average Bonchev–Trinajstić information content (AvgIpc) is 3.53. The molecule has 0 saturated carbocycles. The topological polar surface area (TPSA) is 53.6 Å². The van der Waals surface area contributed by atoms with Crippen LogP contribution in [0.5, 0.6) is 0 Å². The summed E-state index contributed by atoms with van der Waals surface area (Å²) >= 11 is 7.18. The molecule has 0 aliphatic carbocycles. The minimum Gasteiger partial charge on any atom is -0.348 e. The molecule has 1 unspecified atom stereocenters. The van der Waals surface area contributed by atoms with Gasteiger partial charge < -0.3 is 5.32 Å².